The maximum atomic E-state index is 13.5. The molecule has 1 N–H and O–H groups in total. The Bertz CT molecular complexity index is 1480. The van der Waals surface area contributed by atoms with Crippen LogP contribution in [-0.4, -0.2) is 25.2 Å². The average molecular weight is 555 g/mol. The molecule has 9 heteroatoms. The van der Waals surface area contributed by atoms with Crippen LogP contribution in [0, 0.1) is 6.92 Å². The Morgan fingerprint density at radius 3 is 2.16 bits per heavy atom. The standard InChI is InChI=1S/C28H24Cl2N2O4S/c1-20-7-15-26(16-8-20)37(34,35)32(18-21-9-10-22(29)17-27(21)30)19-28(33)31-23-11-13-25(14-12-23)36-24-5-3-2-4-6-24/h2-17H,18-19H2,1H3,(H,31,33). The van der Waals surface area contributed by atoms with Crippen molar-refractivity contribution in [1.29, 1.82) is 0 Å². The summed E-state index contributed by atoms with van der Waals surface area (Å²) < 4.78 is 33.8. The van der Waals surface area contributed by atoms with Gasteiger partial charge in [0.15, 0.2) is 0 Å². The number of sulfonamides is 1. The first-order valence-electron chi connectivity index (χ1n) is 11.3. The summed E-state index contributed by atoms with van der Waals surface area (Å²) in [7, 11) is -4.01. The summed E-state index contributed by atoms with van der Waals surface area (Å²) in [5.74, 6) is 0.791. The minimum Gasteiger partial charge on any atom is -0.457 e. The second-order valence-corrected chi connectivity index (χ2v) is 11.1. The van der Waals surface area contributed by atoms with Crippen LogP contribution in [0.2, 0.25) is 10.0 Å². The molecule has 0 aliphatic rings. The van der Waals surface area contributed by atoms with E-state index in [0.717, 1.165) is 9.87 Å². The molecule has 1 amide bonds. The third kappa shape index (κ3) is 7.11. The molecular weight excluding hydrogens is 531 g/mol. The molecule has 0 bridgehead atoms. The lowest BCUT2D eigenvalue weighted by atomic mass is 10.2. The van der Waals surface area contributed by atoms with E-state index in [0.29, 0.717) is 32.8 Å². The number of aryl methyl sites for hydroxylation is 1. The normalized spacial score (nSPS) is 11.4. The van der Waals surface area contributed by atoms with E-state index in [1.165, 1.54) is 18.2 Å². The number of halogens is 2. The highest BCUT2D eigenvalue weighted by Crippen LogP contribution is 2.26. The van der Waals surface area contributed by atoms with Gasteiger partial charge in [-0.05, 0) is 73.2 Å². The molecule has 0 atom stereocenters. The number of hydrogen-bond donors (Lipinski definition) is 1. The van der Waals surface area contributed by atoms with Gasteiger partial charge in [0.1, 0.15) is 11.5 Å². The summed E-state index contributed by atoms with van der Waals surface area (Å²) in [6, 6.07) is 27.4. The van der Waals surface area contributed by atoms with Gasteiger partial charge >= 0.3 is 0 Å². The Labute approximate surface area is 226 Å². The molecule has 0 saturated carbocycles. The van der Waals surface area contributed by atoms with Crippen LogP contribution in [-0.2, 0) is 21.4 Å². The van der Waals surface area contributed by atoms with Crippen molar-refractivity contribution in [2.75, 3.05) is 11.9 Å². The molecule has 190 valence electrons. The average Bonchev–Trinajstić information content (AvgIpc) is 2.87. The number of carbonyl (C=O) groups excluding carboxylic acids is 1. The van der Waals surface area contributed by atoms with Crippen molar-refractivity contribution in [3.8, 4) is 11.5 Å². The molecular formula is C28H24Cl2N2O4S. The first-order chi connectivity index (χ1) is 17.7. The molecule has 4 aromatic carbocycles. The highest BCUT2D eigenvalue weighted by Gasteiger charge is 2.27. The number of rotatable bonds is 9. The second kappa shape index (κ2) is 11.8. The van der Waals surface area contributed by atoms with Crippen LogP contribution in [0.3, 0.4) is 0 Å². The summed E-state index contributed by atoms with van der Waals surface area (Å²) in [6.07, 6.45) is 0. The molecule has 0 unspecified atom stereocenters. The van der Waals surface area contributed by atoms with Crippen LogP contribution in [0.25, 0.3) is 0 Å². The van der Waals surface area contributed by atoms with E-state index in [9.17, 15) is 13.2 Å². The third-order valence-corrected chi connectivity index (χ3v) is 7.85. The van der Waals surface area contributed by atoms with Crippen LogP contribution >= 0.6 is 23.2 Å². The molecule has 6 nitrogen and oxygen atoms in total. The Morgan fingerprint density at radius 2 is 1.51 bits per heavy atom. The minimum absolute atomic E-state index is 0.0819. The van der Waals surface area contributed by atoms with Gasteiger partial charge in [0, 0.05) is 22.3 Å². The Morgan fingerprint density at radius 1 is 0.865 bits per heavy atom. The smallest absolute Gasteiger partial charge is 0.243 e. The Balaban J connectivity index is 1.52. The first-order valence-corrected chi connectivity index (χ1v) is 13.5. The Kier molecular flexibility index (Phi) is 8.51. The van der Waals surface area contributed by atoms with Gasteiger partial charge in [-0.15, -0.1) is 0 Å². The number of ether oxygens (including phenoxy) is 1. The number of benzene rings is 4. The fraction of sp³-hybridized carbons (Fsp3) is 0.107. The zero-order valence-corrected chi connectivity index (χ0v) is 22.2. The molecule has 0 fully saturated rings. The van der Waals surface area contributed by atoms with E-state index in [1.807, 2.05) is 37.3 Å². The summed E-state index contributed by atoms with van der Waals surface area (Å²) in [5, 5.41) is 3.49. The van der Waals surface area contributed by atoms with Crippen molar-refractivity contribution in [3.63, 3.8) is 0 Å². The van der Waals surface area contributed by atoms with Crippen LogP contribution in [0.1, 0.15) is 11.1 Å². The number of amides is 1. The molecule has 4 aromatic rings. The largest absolute Gasteiger partial charge is 0.457 e. The number of para-hydroxylation sites is 1. The summed E-state index contributed by atoms with van der Waals surface area (Å²) in [5.41, 5.74) is 1.95. The van der Waals surface area contributed by atoms with Crippen molar-refractivity contribution < 1.29 is 17.9 Å². The monoisotopic (exact) mass is 554 g/mol. The van der Waals surface area contributed by atoms with E-state index in [2.05, 4.69) is 5.32 Å². The van der Waals surface area contributed by atoms with Crippen molar-refractivity contribution >= 4 is 44.8 Å². The quantitative estimate of drug-likeness (QED) is 0.243. The number of nitrogens with zero attached hydrogens (tertiary/aromatic N) is 1. The number of carbonyl (C=O) groups is 1. The zero-order chi connectivity index (χ0) is 26.4. The van der Waals surface area contributed by atoms with Crippen molar-refractivity contribution in [3.05, 3.63) is 118 Å². The van der Waals surface area contributed by atoms with Gasteiger partial charge in [-0.3, -0.25) is 4.79 Å². The summed E-state index contributed by atoms with van der Waals surface area (Å²) in [4.78, 5) is 13.0. The van der Waals surface area contributed by atoms with Crippen molar-refractivity contribution in [1.82, 2.24) is 4.31 Å². The van der Waals surface area contributed by atoms with E-state index in [1.54, 1.807) is 48.5 Å². The lowest BCUT2D eigenvalue weighted by Crippen LogP contribution is -2.37. The van der Waals surface area contributed by atoms with Crippen LogP contribution in [0.15, 0.2) is 102 Å². The third-order valence-electron chi connectivity index (χ3n) is 5.46. The van der Waals surface area contributed by atoms with Crippen molar-refractivity contribution in [2.45, 2.75) is 18.4 Å². The maximum Gasteiger partial charge on any atom is 0.243 e. The fourth-order valence-electron chi connectivity index (χ4n) is 3.52. The minimum atomic E-state index is -4.01. The lowest BCUT2D eigenvalue weighted by molar-refractivity contribution is -0.116. The van der Waals surface area contributed by atoms with E-state index >= 15 is 0 Å². The number of hydrogen-bond acceptors (Lipinski definition) is 4. The Hall–Kier alpha value is -3.36. The summed E-state index contributed by atoms with van der Waals surface area (Å²) >= 11 is 12.3. The molecule has 0 aliphatic heterocycles. The molecule has 0 aromatic heterocycles. The second-order valence-electron chi connectivity index (χ2n) is 8.31. The van der Waals surface area contributed by atoms with Crippen LogP contribution < -0.4 is 10.1 Å². The molecule has 0 aliphatic carbocycles. The van der Waals surface area contributed by atoms with Gasteiger partial charge in [0.25, 0.3) is 0 Å². The lowest BCUT2D eigenvalue weighted by Gasteiger charge is -2.22. The van der Waals surface area contributed by atoms with E-state index < -0.39 is 22.5 Å². The van der Waals surface area contributed by atoms with Gasteiger partial charge in [-0.2, -0.15) is 4.31 Å². The van der Waals surface area contributed by atoms with Crippen molar-refractivity contribution in [2.24, 2.45) is 0 Å². The number of anilines is 1. The zero-order valence-electron chi connectivity index (χ0n) is 19.9. The van der Waals surface area contributed by atoms with Crippen LogP contribution in [0.5, 0.6) is 11.5 Å². The molecule has 0 saturated heterocycles. The van der Waals surface area contributed by atoms with Crippen LogP contribution in [0.4, 0.5) is 5.69 Å². The number of nitrogens with one attached hydrogen (secondary N) is 1. The van der Waals surface area contributed by atoms with E-state index in [4.69, 9.17) is 27.9 Å². The molecule has 0 heterocycles. The van der Waals surface area contributed by atoms with Gasteiger partial charge in [0.2, 0.25) is 15.9 Å². The highest BCUT2D eigenvalue weighted by molar-refractivity contribution is 7.89. The molecule has 0 spiro atoms. The molecule has 37 heavy (non-hydrogen) atoms. The molecule has 4 rings (SSSR count). The van der Waals surface area contributed by atoms with E-state index in [-0.39, 0.29) is 11.4 Å². The van der Waals surface area contributed by atoms with Gasteiger partial charge in [0.05, 0.1) is 11.4 Å². The maximum absolute atomic E-state index is 13.5. The highest BCUT2D eigenvalue weighted by atomic mass is 35.5. The molecule has 0 radical (unpaired) electrons. The SMILES string of the molecule is Cc1ccc(S(=O)(=O)N(CC(=O)Nc2ccc(Oc3ccccc3)cc2)Cc2ccc(Cl)cc2Cl)cc1. The van der Waals surface area contributed by atoms with Gasteiger partial charge < -0.3 is 10.1 Å². The predicted octanol–water partition coefficient (Wildman–Crippen LogP) is 6.92. The topological polar surface area (TPSA) is 75.7 Å². The van der Waals surface area contributed by atoms with Gasteiger partial charge in [-0.25, -0.2) is 8.42 Å². The first kappa shape index (κ1) is 26.7. The summed E-state index contributed by atoms with van der Waals surface area (Å²) in [6.45, 7) is 1.34. The van der Waals surface area contributed by atoms with Gasteiger partial charge in [-0.1, -0.05) is 65.2 Å². The predicted molar refractivity (Wildman–Crippen MR) is 147 cm³/mol. The fourth-order valence-corrected chi connectivity index (χ4v) is 5.36.